The molecule has 1 amide bonds. The Morgan fingerprint density at radius 1 is 1.21 bits per heavy atom. The number of benzene rings is 1. The summed E-state index contributed by atoms with van der Waals surface area (Å²) >= 11 is 1.63. The van der Waals surface area contributed by atoms with E-state index in [1.165, 1.54) is 0 Å². The van der Waals surface area contributed by atoms with Crippen molar-refractivity contribution in [1.82, 2.24) is 20.2 Å². The lowest BCUT2D eigenvalue weighted by molar-refractivity contribution is -0.117. The van der Waals surface area contributed by atoms with Gasteiger partial charge in [-0.15, -0.1) is 11.3 Å². The highest BCUT2D eigenvalue weighted by Crippen LogP contribution is 2.31. The molecule has 9 heteroatoms. The number of anilines is 2. The zero-order valence-electron chi connectivity index (χ0n) is 19.7. The van der Waals surface area contributed by atoms with Crippen LogP contribution in [0.3, 0.4) is 0 Å². The highest BCUT2D eigenvalue weighted by molar-refractivity contribution is 7.16. The molecule has 0 saturated carbocycles. The van der Waals surface area contributed by atoms with E-state index in [0.717, 1.165) is 52.7 Å². The van der Waals surface area contributed by atoms with Crippen LogP contribution in [0.2, 0.25) is 0 Å². The van der Waals surface area contributed by atoms with Gasteiger partial charge in [-0.3, -0.25) is 9.69 Å². The molecule has 2 N–H and O–H groups in total. The van der Waals surface area contributed by atoms with E-state index in [1.807, 2.05) is 32.2 Å². The van der Waals surface area contributed by atoms with Gasteiger partial charge >= 0.3 is 0 Å². The van der Waals surface area contributed by atoms with E-state index in [2.05, 4.69) is 55.7 Å². The van der Waals surface area contributed by atoms with Crippen molar-refractivity contribution in [3.05, 3.63) is 41.5 Å². The Bertz CT molecular complexity index is 1090. The molecular formula is C24H32N6O2S. The van der Waals surface area contributed by atoms with Crippen molar-refractivity contribution in [2.75, 3.05) is 50.1 Å². The zero-order chi connectivity index (χ0) is 23.4. The monoisotopic (exact) mass is 468 g/mol. The van der Waals surface area contributed by atoms with Crippen LogP contribution in [0.4, 0.5) is 11.5 Å². The average molecular weight is 469 g/mol. The number of rotatable bonds is 8. The molecule has 1 aromatic carbocycles. The van der Waals surface area contributed by atoms with E-state index >= 15 is 0 Å². The zero-order valence-corrected chi connectivity index (χ0v) is 20.5. The molecule has 33 heavy (non-hydrogen) atoms. The minimum absolute atomic E-state index is 0.0133. The summed E-state index contributed by atoms with van der Waals surface area (Å²) in [6, 6.07) is 8.34. The topological polar surface area (TPSA) is 82.6 Å². The van der Waals surface area contributed by atoms with Gasteiger partial charge in [-0.25, -0.2) is 9.97 Å². The van der Waals surface area contributed by atoms with Crippen LogP contribution >= 0.6 is 11.3 Å². The molecule has 3 heterocycles. The predicted octanol–water partition coefficient (Wildman–Crippen LogP) is 3.14. The van der Waals surface area contributed by atoms with Crippen LogP contribution in [-0.4, -0.2) is 72.7 Å². The molecule has 1 saturated heterocycles. The van der Waals surface area contributed by atoms with Gasteiger partial charge in [0.25, 0.3) is 0 Å². The molecule has 0 radical (unpaired) electrons. The van der Waals surface area contributed by atoms with Crippen LogP contribution in [0.1, 0.15) is 19.4 Å². The molecule has 2 aromatic heterocycles. The summed E-state index contributed by atoms with van der Waals surface area (Å²) < 4.78 is 5.74. The van der Waals surface area contributed by atoms with E-state index in [4.69, 9.17) is 4.74 Å². The van der Waals surface area contributed by atoms with Gasteiger partial charge < -0.3 is 20.3 Å². The lowest BCUT2D eigenvalue weighted by atomic mass is 10.1. The molecule has 2 atom stereocenters. The van der Waals surface area contributed by atoms with Crippen molar-refractivity contribution in [3.8, 4) is 5.75 Å². The molecular weight excluding hydrogens is 436 g/mol. The third-order valence-electron chi connectivity index (χ3n) is 5.95. The lowest BCUT2D eigenvalue weighted by Gasteiger charge is -2.45. The van der Waals surface area contributed by atoms with E-state index < -0.39 is 0 Å². The molecule has 176 valence electrons. The van der Waals surface area contributed by atoms with Crippen LogP contribution in [0.5, 0.6) is 5.75 Å². The number of hydrogen-bond donors (Lipinski definition) is 2. The smallest absolute Gasteiger partial charge is 0.238 e. The van der Waals surface area contributed by atoms with E-state index in [9.17, 15) is 4.79 Å². The fraction of sp³-hybridized carbons (Fsp3) is 0.458. The highest BCUT2D eigenvalue weighted by atomic mass is 32.1. The van der Waals surface area contributed by atoms with Crippen molar-refractivity contribution < 1.29 is 9.53 Å². The summed E-state index contributed by atoms with van der Waals surface area (Å²) in [5.74, 6) is 1.73. The molecule has 3 aromatic rings. The maximum absolute atomic E-state index is 12.9. The number of nitrogens with one attached hydrogen (secondary N) is 2. The van der Waals surface area contributed by atoms with E-state index in [-0.39, 0.29) is 18.0 Å². The van der Waals surface area contributed by atoms with Crippen LogP contribution in [0.15, 0.2) is 36.0 Å². The second-order valence-corrected chi connectivity index (χ2v) is 9.51. The molecule has 0 spiro atoms. The van der Waals surface area contributed by atoms with Crippen LogP contribution in [0.25, 0.3) is 10.2 Å². The van der Waals surface area contributed by atoms with Crippen molar-refractivity contribution in [2.45, 2.75) is 32.9 Å². The Morgan fingerprint density at radius 2 is 2.00 bits per heavy atom. The van der Waals surface area contributed by atoms with Crippen molar-refractivity contribution in [1.29, 1.82) is 0 Å². The van der Waals surface area contributed by atoms with Gasteiger partial charge in [0.1, 0.15) is 29.3 Å². The van der Waals surface area contributed by atoms with E-state index in [1.54, 1.807) is 17.7 Å². The Kier molecular flexibility index (Phi) is 7.42. The fourth-order valence-corrected chi connectivity index (χ4v) is 5.18. The first-order valence-electron chi connectivity index (χ1n) is 11.3. The van der Waals surface area contributed by atoms with Gasteiger partial charge in [-0.05, 0) is 50.9 Å². The van der Waals surface area contributed by atoms with Gasteiger partial charge in [0.2, 0.25) is 5.91 Å². The van der Waals surface area contributed by atoms with Gasteiger partial charge in [0.05, 0.1) is 11.9 Å². The fourth-order valence-electron chi connectivity index (χ4n) is 4.45. The van der Waals surface area contributed by atoms with Crippen molar-refractivity contribution in [3.63, 3.8) is 0 Å². The van der Waals surface area contributed by atoms with Gasteiger partial charge in [-0.2, -0.15) is 0 Å². The maximum Gasteiger partial charge on any atom is 0.238 e. The first-order chi connectivity index (χ1) is 16.0. The third-order valence-corrected chi connectivity index (χ3v) is 6.77. The Balaban J connectivity index is 1.38. The number of ether oxygens (including phenoxy) is 1. The van der Waals surface area contributed by atoms with Crippen LogP contribution in [0, 0.1) is 6.92 Å². The number of fused-ring (bicyclic) bond motifs is 1. The molecule has 1 fully saturated rings. The van der Waals surface area contributed by atoms with E-state index in [0.29, 0.717) is 13.2 Å². The second kappa shape index (κ2) is 10.5. The Labute approximate surface area is 199 Å². The number of aryl methyl sites for hydroxylation is 1. The van der Waals surface area contributed by atoms with Crippen molar-refractivity contribution in [2.24, 2.45) is 0 Å². The second-order valence-electron chi connectivity index (χ2n) is 8.61. The summed E-state index contributed by atoms with van der Waals surface area (Å²) in [7, 11) is 1.89. The molecule has 4 rings (SSSR count). The summed E-state index contributed by atoms with van der Waals surface area (Å²) in [5.41, 5.74) is 1.81. The lowest BCUT2D eigenvalue weighted by Crippen LogP contribution is -2.58. The normalized spacial score (nSPS) is 19.1. The average Bonchev–Trinajstić information content (AvgIpc) is 3.25. The first kappa shape index (κ1) is 23.4. The number of thiophene rings is 1. The van der Waals surface area contributed by atoms with Crippen LogP contribution in [-0.2, 0) is 4.79 Å². The van der Waals surface area contributed by atoms with Gasteiger partial charge in [0.15, 0.2) is 0 Å². The number of nitrogens with zero attached hydrogens (tertiary/aromatic N) is 4. The summed E-state index contributed by atoms with van der Waals surface area (Å²) in [5, 5.41) is 9.29. The van der Waals surface area contributed by atoms with Gasteiger partial charge in [-0.1, -0.05) is 6.07 Å². The minimum Gasteiger partial charge on any atom is -0.492 e. The number of amides is 1. The first-order valence-corrected chi connectivity index (χ1v) is 12.2. The highest BCUT2D eigenvalue weighted by Gasteiger charge is 2.32. The Hall–Kier alpha value is -2.75. The number of carbonyl (C=O) groups is 1. The SMILES string of the molecule is CNCCOc1ccc(C)c(NC(=O)CN2C[C@@H](C)N(c3ncnc4sccc34)[C@@H](C)C2)c1. The number of hydrogen-bond acceptors (Lipinski definition) is 8. The number of likely N-dealkylation sites (N-methyl/N-ethyl adjacent to an activating group) is 1. The van der Waals surface area contributed by atoms with Gasteiger partial charge in [0, 0.05) is 43.5 Å². The standard InChI is InChI=1S/C24H32N6O2S/c1-16-5-6-19(32-9-8-25-4)11-21(16)28-22(31)14-29-12-17(2)30(18(3)13-29)23-20-7-10-33-24(20)27-15-26-23/h5-7,10-11,15,17-18,25H,8-9,12-14H2,1-4H3,(H,28,31)/t17-,18+. The van der Waals surface area contributed by atoms with Crippen molar-refractivity contribution >= 4 is 39.0 Å². The minimum atomic E-state index is -0.0133. The predicted molar refractivity (Wildman–Crippen MR) is 134 cm³/mol. The molecule has 1 aliphatic heterocycles. The summed E-state index contributed by atoms with van der Waals surface area (Å²) in [6.07, 6.45) is 1.65. The maximum atomic E-state index is 12.9. The molecule has 1 aliphatic rings. The summed E-state index contributed by atoms with van der Waals surface area (Å²) in [4.78, 5) is 27.4. The Morgan fingerprint density at radius 3 is 2.76 bits per heavy atom. The molecule has 0 unspecified atom stereocenters. The molecule has 0 aliphatic carbocycles. The molecule has 0 bridgehead atoms. The quantitative estimate of drug-likeness (QED) is 0.492. The van der Waals surface area contributed by atoms with Crippen LogP contribution < -0.4 is 20.3 Å². The number of aromatic nitrogens is 2. The largest absolute Gasteiger partial charge is 0.492 e. The third kappa shape index (κ3) is 5.43. The summed E-state index contributed by atoms with van der Waals surface area (Å²) in [6.45, 7) is 9.65. The number of carbonyl (C=O) groups excluding carboxylic acids is 1. The number of piperazine rings is 1. The molecule has 8 nitrogen and oxygen atoms in total.